The predicted molar refractivity (Wildman–Crippen MR) is 110 cm³/mol. The van der Waals surface area contributed by atoms with Gasteiger partial charge in [-0.15, -0.1) is 0 Å². The van der Waals surface area contributed by atoms with E-state index in [9.17, 15) is 4.79 Å². The zero-order valence-electron chi connectivity index (χ0n) is 16.9. The molecule has 148 valence electrons. The minimum Gasteiger partial charge on any atom is -0.490 e. The number of hydrogen-bond acceptors (Lipinski definition) is 4. The summed E-state index contributed by atoms with van der Waals surface area (Å²) in [5.41, 5.74) is 1.57. The van der Waals surface area contributed by atoms with Crippen molar-refractivity contribution in [3.05, 3.63) is 54.4 Å². The molecule has 0 saturated carbocycles. The van der Waals surface area contributed by atoms with Crippen LogP contribution >= 0.6 is 0 Å². The Hall–Kier alpha value is -3.02. The van der Waals surface area contributed by atoms with Crippen molar-refractivity contribution in [2.45, 2.75) is 27.2 Å². The molecule has 0 aliphatic heterocycles. The highest BCUT2D eigenvalue weighted by atomic mass is 16.5. The van der Waals surface area contributed by atoms with Crippen molar-refractivity contribution in [3.63, 3.8) is 0 Å². The van der Waals surface area contributed by atoms with Gasteiger partial charge in [0.25, 0.3) is 0 Å². The maximum absolute atomic E-state index is 12.5. The SMILES string of the molecule is CCc1nc2c(OCCOc3ccccc3)cccn2c1N(C)C(=O)C(C)C. The fourth-order valence-corrected chi connectivity index (χ4v) is 3.10. The van der Waals surface area contributed by atoms with Gasteiger partial charge in [0, 0.05) is 19.2 Å². The third-order valence-electron chi connectivity index (χ3n) is 4.49. The van der Waals surface area contributed by atoms with E-state index in [1.807, 2.05) is 73.8 Å². The maximum Gasteiger partial charge on any atom is 0.230 e. The molecule has 0 unspecified atom stereocenters. The second kappa shape index (κ2) is 8.78. The van der Waals surface area contributed by atoms with Crippen LogP contribution in [0, 0.1) is 5.92 Å². The summed E-state index contributed by atoms with van der Waals surface area (Å²) in [4.78, 5) is 18.9. The van der Waals surface area contributed by atoms with Gasteiger partial charge in [-0.05, 0) is 30.7 Å². The number of benzene rings is 1. The first kappa shape index (κ1) is 19.7. The number of pyridine rings is 1. The van der Waals surface area contributed by atoms with Gasteiger partial charge in [0.1, 0.15) is 24.8 Å². The summed E-state index contributed by atoms with van der Waals surface area (Å²) in [7, 11) is 1.80. The van der Waals surface area contributed by atoms with Crippen LogP contribution in [0.5, 0.6) is 11.5 Å². The van der Waals surface area contributed by atoms with Crippen LogP contribution in [0.1, 0.15) is 26.5 Å². The third kappa shape index (κ3) is 4.11. The predicted octanol–water partition coefficient (Wildman–Crippen LogP) is 3.97. The van der Waals surface area contributed by atoms with E-state index in [1.165, 1.54) is 0 Å². The molecule has 0 spiro atoms. The van der Waals surface area contributed by atoms with Gasteiger partial charge in [0.05, 0.1) is 5.69 Å². The first-order valence-corrected chi connectivity index (χ1v) is 9.61. The summed E-state index contributed by atoms with van der Waals surface area (Å²) in [5.74, 6) is 2.25. The number of carbonyl (C=O) groups excluding carboxylic acids is 1. The molecular formula is C22H27N3O3. The summed E-state index contributed by atoms with van der Waals surface area (Å²) >= 11 is 0. The highest BCUT2D eigenvalue weighted by Crippen LogP contribution is 2.28. The first-order valence-electron chi connectivity index (χ1n) is 9.61. The number of para-hydroxylation sites is 1. The number of nitrogens with zero attached hydrogens (tertiary/aromatic N) is 3. The fraction of sp³-hybridized carbons (Fsp3) is 0.364. The molecule has 0 N–H and O–H groups in total. The lowest BCUT2D eigenvalue weighted by Gasteiger charge is -2.20. The minimum absolute atomic E-state index is 0.0547. The zero-order chi connectivity index (χ0) is 20.1. The third-order valence-corrected chi connectivity index (χ3v) is 4.49. The molecule has 0 aliphatic carbocycles. The average molecular weight is 381 g/mol. The zero-order valence-corrected chi connectivity index (χ0v) is 16.9. The number of carbonyl (C=O) groups is 1. The van der Waals surface area contributed by atoms with Gasteiger partial charge in [-0.25, -0.2) is 4.98 Å². The second-order valence-corrected chi connectivity index (χ2v) is 6.86. The quantitative estimate of drug-likeness (QED) is 0.554. The number of fused-ring (bicyclic) bond motifs is 1. The first-order chi connectivity index (χ1) is 13.5. The maximum atomic E-state index is 12.5. The van der Waals surface area contributed by atoms with E-state index < -0.39 is 0 Å². The Bertz CT molecular complexity index is 935. The highest BCUT2D eigenvalue weighted by Gasteiger charge is 2.23. The number of hydrogen-bond donors (Lipinski definition) is 0. The van der Waals surface area contributed by atoms with Crippen LogP contribution in [-0.2, 0) is 11.2 Å². The molecule has 3 aromatic rings. The summed E-state index contributed by atoms with van der Waals surface area (Å²) in [5, 5.41) is 0. The van der Waals surface area contributed by atoms with Crippen molar-refractivity contribution in [2.75, 3.05) is 25.2 Å². The van der Waals surface area contributed by atoms with Gasteiger partial charge in [-0.3, -0.25) is 14.1 Å². The Balaban J connectivity index is 1.80. The van der Waals surface area contributed by atoms with Crippen LogP contribution in [0.25, 0.3) is 5.65 Å². The Morgan fingerprint density at radius 3 is 2.50 bits per heavy atom. The van der Waals surface area contributed by atoms with Crippen LogP contribution in [0.15, 0.2) is 48.7 Å². The van der Waals surface area contributed by atoms with Gasteiger partial charge in [0.15, 0.2) is 11.4 Å². The van der Waals surface area contributed by atoms with E-state index >= 15 is 0 Å². The van der Waals surface area contributed by atoms with E-state index in [-0.39, 0.29) is 11.8 Å². The number of anilines is 1. The van der Waals surface area contributed by atoms with Crippen LogP contribution in [-0.4, -0.2) is 35.6 Å². The lowest BCUT2D eigenvalue weighted by molar-refractivity contribution is -0.121. The number of aryl methyl sites for hydroxylation is 1. The molecule has 6 heteroatoms. The van der Waals surface area contributed by atoms with Crippen molar-refractivity contribution in [1.29, 1.82) is 0 Å². The molecule has 1 amide bonds. The van der Waals surface area contributed by atoms with Crippen molar-refractivity contribution < 1.29 is 14.3 Å². The standard InChI is InChI=1S/C22H27N3O3/c1-5-18-21(24(4)22(26)16(2)3)25-13-9-12-19(20(25)23-18)28-15-14-27-17-10-7-6-8-11-17/h6-13,16H,5,14-15H2,1-4H3. The smallest absolute Gasteiger partial charge is 0.230 e. The number of imidazole rings is 1. The lowest BCUT2D eigenvalue weighted by atomic mass is 10.2. The monoisotopic (exact) mass is 381 g/mol. The Labute approximate surface area is 165 Å². The lowest BCUT2D eigenvalue weighted by Crippen LogP contribution is -2.31. The molecular weight excluding hydrogens is 354 g/mol. The van der Waals surface area contributed by atoms with E-state index in [0.29, 0.717) is 24.6 Å². The number of ether oxygens (including phenoxy) is 2. The molecule has 0 radical (unpaired) electrons. The molecule has 0 atom stereocenters. The van der Waals surface area contributed by atoms with Crippen LogP contribution < -0.4 is 14.4 Å². The van der Waals surface area contributed by atoms with Crippen molar-refractivity contribution in [1.82, 2.24) is 9.38 Å². The molecule has 28 heavy (non-hydrogen) atoms. The topological polar surface area (TPSA) is 56.1 Å². The normalized spacial score (nSPS) is 11.0. The molecule has 2 heterocycles. The largest absolute Gasteiger partial charge is 0.490 e. The summed E-state index contributed by atoms with van der Waals surface area (Å²) in [6.07, 6.45) is 2.64. The highest BCUT2D eigenvalue weighted by molar-refractivity contribution is 5.94. The summed E-state index contributed by atoms with van der Waals surface area (Å²) < 4.78 is 13.5. The van der Waals surface area contributed by atoms with Gasteiger partial charge in [-0.2, -0.15) is 0 Å². The Kier molecular flexibility index (Phi) is 6.19. The minimum atomic E-state index is -0.0881. The van der Waals surface area contributed by atoms with E-state index in [0.717, 1.165) is 23.7 Å². The fourth-order valence-electron chi connectivity index (χ4n) is 3.10. The van der Waals surface area contributed by atoms with Crippen LogP contribution in [0.3, 0.4) is 0 Å². The molecule has 0 fully saturated rings. The second-order valence-electron chi connectivity index (χ2n) is 6.86. The van der Waals surface area contributed by atoms with Gasteiger partial charge in [-0.1, -0.05) is 39.0 Å². The van der Waals surface area contributed by atoms with Gasteiger partial charge < -0.3 is 9.47 Å². The average Bonchev–Trinajstić information content (AvgIpc) is 3.10. The molecule has 0 bridgehead atoms. The van der Waals surface area contributed by atoms with Crippen molar-refractivity contribution in [2.24, 2.45) is 5.92 Å². The number of amides is 1. The number of aromatic nitrogens is 2. The van der Waals surface area contributed by atoms with Gasteiger partial charge in [0.2, 0.25) is 5.91 Å². The van der Waals surface area contributed by atoms with E-state index in [1.54, 1.807) is 11.9 Å². The Morgan fingerprint density at radius 1 is 1.11 bits per heavy atom. The molecule has 2 aromatic heterocycles. The van der Waals surface area contributed by atoms with E-state index in [4.69, 9.17) is 14.5 Å². The summed E-state index contributed by atoms with van der Waals surface area (Å²) in [6.45, 7) is 6.67. The van der Waals surface area contributed by atoms with Crippen LogP contribution in [0.2, 0.25) is 0 Å². The molecule has 1 aromatic carbocycles. The molecule has 0 aliphatic rings. The molecule has 0 saturated heterocycles. The van der Waals surface area contributed by atoms with Crippen LogP contribution in [0.4, 0.5) is 5.82 Å². The Morgan fingerprint density at radius 2 is 1.82 bits per heavy atom. The summed E-state index contributed by atoms with van der Waals surface area (Å²) in [6, 6.07) is 13.4. The van der Waals surface area contributed by atoms with Crippen molar-refractivity contribution in [3.8, 4) is 11.5 Å². The van der Waals surface area contributed by atoms with Gasteiger partial charge >= 0.3 is 0 Å². The molecule has 6 nitrogen and oxygen atoms in total. The van der Waals surface area contributed by atoms with E-state index in [2.05, 4.69) is 0 Å². The van der Waals surface area contributed by atoms with Crippen molar-refractivity contribution >= 4 is 17.4 Å². The number of rotatable bonds is 8. The molecule has 3 rings (SSSR count).